The summed E-state index contributed by atoms with van der Waals surface area (Å²) in [5.41, 5.74) is 0.0279. The first-order valence-electron chi connectivity index (χ1n) is 5.67. The Bertz CT molecular complexity index is 457. The second-order valence-corrected chi connectivity index (χ2v) is 6.32. The highest BCUT2D eigenvalue weighted by Gasteiger charge is 2.29. The number of nitro groups is 1. The lowest BCUT2D eigenvalue weighted by Crippen LogP contribution is -2.40. The van der Waals surface area contributed by atoms with Crippen LogP contribution in [0, 0.1) is 15.5 Å². The smallest absolute Gasteiger partial charge is 0.312 e. The molecule has 1 atom stereocenters. The van der Waals surface area contributed by atoms with E-state index in [0.717, 1.165) is 0 Å². The molecule has 18 heavy (non-hydrogen) atoms. The number of nitrogens with zero attached hydrogens (tertiary/aromatic N) is 3. The first-order valence-corrected chi connectivity index (χ1v) is 6.46. The largest absolute Gasteiger partial charge is 0.351 e. The van der Waals surface area contributed by atoms with Crippen LogP contribution >= 0.6 is 15.9 Å². The SMILES string of the molecule is CC(N(C)c1ncc(Br)cc1[N+](=O)[O-])C(C)(C)C. The molecule has 0 aliphatic carbocycles. The Morgan fingerprint density at radius 2 is 2.06 bits per heavy atom. The summed E-state index contributed by atoms with van der Waals surface area (Å²) in [7, 11) is 1.83. The van der Waals surface area contributed by atoms with Crippen LogP contribution in [0.25, 0.3) is 0 Å². The first kappa shape index (κ1) is 14.9. The highest BCUT2D eigenvalue weighted by atomic mass is 79.9. The second kappa shape index (κ2) is 5.22. The molecule has 0 saturated heterocycles. The van der Waals surface area contributed by atoms with Gasteiger partial charge in [-0.25, -0.2) is 4.98 Å². The summed E-state index contributed by atoms with van der Waals surface area (Å²) in [6, 6.07) is 1.61. The molecule has 0 bridgehead atoms. The summed E-state index contributed by atoms with van der Waals surface area (Å²) < 4.78 is 0.606. The summed E-state index contributed by atoms with van der Waals surface area (Å²) in [6.07, 6.45) is 1.58. The molecule has 5 nitrogen and oxygen atoms in total. The van der Waals surface area contributed by atoms with Crippen LogP contribution in [0.4, 0.5) is 11.5 Å². The Kier molecular flexibility index (Phi) is 4.32. The van der Waals surface area contributed by atoms with Crippen molar-refractivity contribution in [2.24, 2.45) is 5.41 Å². The normalized spacial score (nSPS) is 13.2. The van der Waals surface area contributed by atoms with E-state index < -0.39 is 4.92 Å². The molecule has 0 aliphatic heterocycles. The number of rotatable bonds is 3. The van der Waals surface area contributed by atoms with Gasteiger partial charge < -0.3 is 4.90 Å². The molecule has 0 aromatic carbocycles. The van der Waals surface area contributed by atoms with E-state index in [9.17, 15) is 10.1 Å². The molecule has 0 saturated carbocycles. The fraction of sp³-hybridized carbons (Fsp3) is 0.583. The number of pyridine rings is 1. The van der Waals surface area contributed by atoms with Gasteiger partial charge >= 0.3 is 5.69 Å². The van der Waals surface area contributed by atoms with Crippen LogP contribution in [0.15, 0.2) is 16.7 Å². The highest BCUT2D eigenvalue weighted by molar-refractivity contribution is 9.10. The Morgan fingerprint density at radius 3 is 2.50 bits per heavy atom. The summed E-state index contributed by atoms with van der Waals surface area (Å²) in [4.78, 5) is 16.7. The molecule has 1 aromatic heterocycles. The minimum absolute atomic E-state index is 0.0113. The van der Waals surface area contributed by atoms with Gasteiger partial charge in [-0.05, 0) is 28.3 Å². The van der Waals surface area contributed by atoms with Gasteiger partial charge in [0.25, 0.3) is 0 Å². The predicted octanol–water partition coefficient (Wildman–Crippen LogP) is 3.62. The minimum atomic E-state index is -0.404. The van der Waals surface area contributed by atoms with Crippen LogP contribution in [0.1, 0.15) is 27.7 Å². The average molecular weight is 316 g/mol. The van der Waals surface area contributed by atoms with E-state index in [0.29, 0.717) is 10.3 Å². The van der Waals surface area contributed by atoms with Crippen molar-refractivity contribution >= 4 is 27.4 Å². The lowest BCUT2D eigenvalue weighted by molar-refractivity contribution is -0.384. The van der Waals surface area contributed by atoms with Gasteiger partial charge in [-0.15, -0.1) is 0 Å². The van der Waals surface area contributed by atoms with E-state index in [2.05, 4.69) is 41.7 Å². The fourth-order valence-electron chi connectivity index (χ4n) is 1.59. The van der Waals surface area contributed by atoms with Crippen molar-refractivity contribution in [3.63, 3.8) is 0 Å². The van der Waals surface area contributed by atoms with Crippen molar-refractivity contribution in [2.75, 3.05) is 11.9 Å². The van der Waals surface area contributed by atoms with Gasteiger partial charge in [0, 0.05) is 29.8 Å². The maximum atomic E-state index is 11.1. The van der Waals surface area contributed by atoms with Gasteiger partial charge in [0.1, 0.15) is 0 Å². The van der Waals surface area contributed by atoms with Crippen molar-refractivity contribution in [3.05, 3.63) is 26.9 Å². The lowest BCUT2D eigenvalue weighted by atomic mass is 9.87. The molecule has 0 radical (unpaired) electrons. The van der Waals surface area contributed by atoms with Gasteiger partial charge in [0.15, 0.2) is 0 Å². The Labute approximate surface area is 115 Å². The van der Waals surface area contributed by atoms with Crippen molar-refractivity contribution in [1.82, 2.24) is 4.98 Å². The molecule has 0 fully saturated rings. The molecule has 1 unspecified atom stereocenters. The van der Waals surface area contributed by atoms with Crippen molar-refractivity contribution < 1.29 is 4.92 Å². The van der Waals surface area contributed by atoms with E-state index in [1.165, 1.54) is 6.07 Å². The van der Waals surface area contributed by atoms with Crippen molar-refractivity contribution in [1.29, 1.82) is 0 Å². The van der Waals surface area contributed by atoms with Crippen molar-refractivity contribution in [2.45, 2.75) is 33.7 Å². The summed E-state index contributed by atoms with van der Waals surface area (Å²) >= 11 is 3.20. The van der Waals surface area contributed by atoms with E-state index in [1.54, 1.807) is 6.20 Å². The molecule has 0 spiro atoms. The van der Waals surface area contributed by atoms with Crippen molar-refractivity contribution in [3.8, 4) is 0 Å². The van der Waals surface area contributed by atoms with E-state index in [-0.39, 0.29) is 17.1 Å². The number of halogens is 1. The lowest BCUT2D eigenvalue weighted by Gasteiger charge is -2.35. The van der Waals surface area contributed by atoms with Gasteiger partial charge in [0.05, 0.1) is 4.92 Å². The molecule has 6 heteroatoms. The third-order valence-corrected chi connectivity index (χ3v) is 3.61. The van der Waals surface area contributed by atoms with E-state index in [4.69, 9.17) is 0 Å². The third-order valence-electron chi connectivity index (χ3n) is 3.18. The second-order valence-electron chi connectivity index (χ2n) is 5.41. The maximum Gasteiger partial charge on any atom is 0.312 e. The molecular weight excluding hydrogens is 298 g/mol. The number of anilines is 1. The summed E-state index contributed by atoms with van der Waals surface area (Å²) in [6.45, 7) is 8.32. The topological polar surface area (TPSA) is 59.3 Å². The summed E-state index contributed by atoms with van der Waals surface area (Å²) in [5.74, 6) is 0.394. The molecule has 1 rings (SSSR count). The molecular formula is C12H18BrN3O2. The van der Waals surface area contributed by atoms with Crippen LogP contribution < -0.4 is 4.90 Å². The molecule has 0 N–H and O–H groups in total. The first-order chi connectivity index (χ1) is 8.14. The van der Waals surface area contributed by atoms with Gasteiger partial charge in [-0.2, -0.15) is 0 Å². The predicted molar refractivity (Wildman–Crippen MR) is 75.9 cm³/mol. The Hall–Kier alpha value is -1.17. The van der Waals surface area contributed by atoms with Crippen LogP contribution in [0.3, 0.4) is 0 Å². The summed E-state index contributed by atoms with van der Waals surface area (Å²) in [5, 5.41) is 11.1. The monoisotopic (exact) mass is 315 g/mol. The van der Waals surface area contributed by atoms with Gasteiger partial charge in [-0.1, -0.05) is 20.8 Å². The fourth-order valence-corrected chi connectivity index (χ4v) is 1.91. The average Bonchev–Trinajstić information content (AvgIpc) is 2.25. The van der Waals surface area contributed by atoms with Gasteiger partial charge in [-0.3, -0.25) is 10.1 Å². The zero-order valence-electron chi connectivity index (χ0n) is 11.3. The standard InChI is InChI=1S/C12H18BrN3O2/c1-8(12(2,3)4)15(5)11-10(16(17)18)6-9(13)7-14-11/h6-8H,1-5H3. The molecule has 100 valence electrons. The van der Waals surface area contributed by atoms with E-state index in [1.807, 2.05) is 18.9 Å². The Morgan fingerprint density at radius 1 is 1.50 bits per heavy atom. The van der Waals surface area contributed by atoms with Crippen LogP contribution in [-0.2, 0) is 0 Å². The zero-order chi connectivity index (χ0) is 14.1. The zero-order valence-corrected chi connectivity index (χ0v) is 12.9. The highest BCUT2D eigenvalue weighted by Crippen LogP contribution is 2.32. The maximum absolute atomic E-state index is 11.1. The third kappa shape index (κ3) is 3.19. The van der Waals surface area contributed by atoms with E-state index >= 15 is 0 Å². The Balaban J connectivity index is 3.21. The molecule has 0 amide bonds. The van der Waals surface area contributed by atoms with Crippen LogP contribution in [-0.4, -0.2) is 23.0 Å². The van der Waals surface area contributed by atoms with Gasteiger partial charge in [0.2, 0.25) is 5.82 Å². The molecule has 1 aromatic rings. The molecule has 1 heterocycles. The minimum Gasteiger partial charge on any atom is -0.351 e. The molecule has 0 aliphatic rings. The van der Waals surface area contributed by atoms with Crippen LogP contribution in [0.2, 0.25) is 0 Å². The number of hydrogen-bond acceptors (Lipinski definition) is 4. The van der Waals surface area contributed by atoms with Crippen LogP contribution in [0.5, 0.6) is 0 Å². The quantitative estimate of drug-likeness (QED) is 0.631. The number of hydrogen-bond donors (Lipinski definition) is 0. The number of aromatic nitrogens is 1.